The molecule has 0 aromatic heterocycles. The zero-order valence-electron chi connectivity index (χ0n) is 8.80. The highest BCUT2D eigenvalue weighted by molar-refractivity contribution is 5.08. The molecule has 0 aromatic carbocycles. The first-order valence-corrected chi connectivity index (χ1v) is 5.00. The minimum atomic E-state index is 0.740. The number of hydrogen-bond acceptors (Lipinski definition) is 1. The lowest BCUT2D eigenvalue weighted by atomic mass is 9.97. The number of nitrogens with zero attached hydrogens (tertiary/aromatic N) is 1. The molecule has 70 valence electrons. The number of hydrogen-bond donors (Lipinski definition) is 0. The molecule has 0 N–H and O–H groups in total. The molecular formula is C11H21N. The van der Waals surface area contributed by atoms with Gasteiger partial charge in [-0.3, -0.25) is 0 Å². The minimum absolute atomic E-state index is 0.740. The highest BCUT2D eigenvalue weighted by Crippen LogP contribution is 2.21. The van der Waals surface area contributed by atoms with Crippen molar-refractivity contribution in [1.29, 1.82) is 0 Å². The fraction of sp³-hybridized carbons (Fsp3) is 0.818. The molecule has 0 saturated heterocycles. The van der Waals surface area contributed by atoms with Gasteiger partial charge < -0.3 is 4.90 Å². The Kier molecular flexibility index (Phi) is 3.33. The zero-order valence-corrected chi connectivity index (χ0v) is 8.80. The Morgan fingerprint density at radius 3 is 2.75 bits per heavy atom. The molecule has 0 amide bonds. The Morgan fingerprint density at radius 1 is 1.50 bits per heavy atom. The molecule has 1 nitrogen and oxygen atoms in total. The lowest BCUT2D eigenvalue weighted by molar-refractivity contribution is 0.278. The van der Waals surface area contributed by atoms with E-state index in [1.807, 2.05) is 0 Å². The lowest BCUT2D eigenvalue weighted by Gasteiger charge is -2.20. The van der Waals surface area contributed by atoms with Crippen molar-refractivity contribution in [1.82, 2.24) is 4.90 Å². The van der Waals surface area contributed by atoms with E-state index in [1.165, 1.54) is 12.8 Å². The van der Waals surface area contributed by atoms with E-state index in [1.54, 1.807) is 5.57 Å². The van der Waals surface area contributed by atoms with Crippen molar-refractivity contribution in [2.75, 3.05) is 13.6 Å². The summed E-state index contributed by atoms with van der Waals surface area (Å²) >= 11 is 0. The predicted molar refractivity (Wildman–Crippen MR) is 54.2 cm³/mol. The Balaban J connectivity index is 2.58. The van der Waals surface area contributed by atoms with Crippen LogP contribution in [0.3, 0.4) is 0 Å². The largest absolute Gasteiger partial charge is 0.300 e. The summed E-state index contributed by atoms with van der Waals surface area (Å²) < 4.78 is 0. The van der Waals surface area contributed by atoms with Crippen LogP contribution in [0.15, 0.2) is 11.6 Å². The summed E-state index contributed by atoms with van der Waals surface area (Å²) in [4.78, 5) is 2.43. The van der Waals surface area contributed by atoms with E-state index in [4.69, 9.17) is 0 Å². The molecule has 1 atom stereocenters. The summed E-state index contributed by atoms with van der Waals surface area (Å²) in [6.07, 6.45) is 5.03. The lowest BCUT2D eigenvalue weighted by Crippen LogP contribution is -2.27. The monoisotopic (exact) mass is 167 g/mol. The van der Waals surface area contributed by atoms with Gasteiger partial charge in [0.2, 0.25) is 0 Å². The molecule has 12 heavy (non-hydrogen) atoms. The second kappa shape index (κ2) is 4.08. The van der Waals surface area contributed by atoms with Crippen molar-refractivity contribution in [2.45, 2.75) is 39.7 Å². The number of allylic oxidation sites excluding steroid dienone is 1. The van der Waals surface area contributed by atoms with Crippen LogP contribution >= 0.6 is 0 Å². The topological polar surface area (TPSA) is 3.24 Å². The SMILES string of the molecule is CC(C)C1=CCN(C)[C@H](C)CC1. The van der Waals surface area contributed by atoms with Crippen LogP contribution in [0.1, 0.15) is 33.6 Å². The standard InChI is InChI=1S/C11H21N/c1-9(2)11-6-5-10(3)12(4)8-7-11/h7,9-10H,5-6,8H2,1-4H3/t10-/m1/s1. The molecule has 0 aromatic rings. The van der Waals surface area contributed by atoms with Crippen LogP contribution in [0.5, 0.6) is 0 Å². The summed E-state index contributed by atoms with van der Waals surface area (Å²) in [5, 5.41) is 0. The van der Waals surface area contributed by atoms with Crippen LogP contribution < -0.4 is 0 Å². The predicted octanol–water partition coefficient (Wildman–Crippen LogP) is 2.68. The molecule has 0 bridgehead atoms. The second-order valence-electron chi connectivity index (χ2n) is 4.26. The number of rotatable bonds is 1. The van der Waals surface area contributed by atoms with Gasteiger partial charge in [0.1, 0.15) is 0 Å². The molecule has 1 rings (SSSR count). The summed E-state index contributed by atoms with van der Waals surface area (Å²) in [5.74, 6) is 0.740. The quantitative estimate of drug-likeness (QED) is 0.543. The van der Waals surface area contributed by atoms with E-state index in [0.717, 1.165) is 18.5 Å². The van der Waals surface area contributed by atoms with E-state index in [9.17, 15) is 0 Å². The molecule has 1 heteroatoms. The maximum atomic E-state index is 2.43. The van der Waals surface area contributed by atoms with E-state index in [2.05, 4.69) is 38.8 Å². The van der Waals surface area contributed by atoms with E-state index < -0.39 is 0 Å². The van der Waals surface area contributed by atoms with Crippen molar-refractivity contribution < 1.29 is 0 Å². The summed E-state index contributed by atoms with van der Waals surface area (Å²) in [7, 11) is 2.21. The van der Waals surface area contributed by atoms with E-state index in [-0.39, 0.29) is 0 Å². The van der Waals surface area contributed by atoms with Crippen LogP contribution in [0.4, 0.5) is 0 Å². The molecule has 0 spiro atoms. The normalized spacial score (nSPS) is 27.1. The minimum Gasteiger partial charge on any atom is -0.300 e. The fourth-order valence-electron chi connectivity index (χ4n) is 1.66. The molecule has 0 unspecified atom stereocenters. The van der Waals surface area contributed by atoms with Crippen molar-refractivity contribution in [3.63, 3.8) is 0 Å². The van der Waals surface area contributed by atoms with Crippen molar-refractivity contribution in [3.8, 4) is 0 Å². The van der Waals surface area contributed by atoms with Gasteiger partial charge in [-0.05, 0) is 32.7 Å². The first-order chi connectivity index (χ1) is 5.61. The third kappa shape index (κ3) is 2.34. The number of likely N-dealkylation sites (N-methyl/N-ethyl adjacent to an activating group) is 1. The average molecular weight is 167 g/mol. The van der Waals surface area contributed by atoms with E-state index >= 15 is 0 Å². The van der Waals surface area contributed by atoms with Crippen LogP contribution in [0.2, 0.25) is 0 Å². The van der Waals surface area contributed by atoms with E-state index in [0.29, 0.717) is 0 Å². The van der Waals surface area contributed by atoms with Gasteiger partial charge >= 0.3 is 0 Å². The first kappa shape index (κ1) is 9.79. The van der Waals surface area contributed by atoms with Gasteiger partial charge in [-0.15, -0.1) is 0 Å². The molecule has 0 aliphatic carbocycles. The highest BCUT2D eigenvalue weighted by atomic mass is 15.1. The van der Waals surface area contributed by atoms with Gasteiger partial charge in [0, 0.05) is 12.6 Å². The van der Waals surface area contributed by atoms with Crippen molar-refractivity contribution in [3.05, 3.63) is 11.6 Å². The van der Waals surface area contributed by atoms with Gasteiger partial charge in [-0.1, -0.05) is 25.5 Å². The molecular weight excluding hydrogens is 146 g/mol. The molecule has 1 aliphatic heterocycles. The van der Waals surface area contributed by atoms with Gasteiger partial charge in [-0.25, -0.2) is 0 Å². The summed E-state index contributed by atoms with van der Waals surface area (Å²) in [6.45, 7) is 8.04. The third-order valence-corrected chi connectivity index (χ3v) is 2.99. The Morgan fingerprint density at radius 2 is 2.17 bits per heavy atom. The average Bonchev–Trinajstić information content (AvgIpc) is 2.16. The van der Waals surface area contributed by atoms with Gasteiger partial charge in [0.05, 0.1) is 0 Å². The maximum Gasteiger partial charge on any atom is 0.0165 e. The highest BCUT2D eigenvalue weighted by Gasteiger charge is 2.14. The van der Waals surface area contributed by atoms with Crippen molar-refractivity contribution >= 4 is 0 Å². The van der Waals surface area contributed by atoms with Crippen LogP contribution in [0.25, 0.3) is 0 Å². The molecule has 0 fully saturated rings. The Hall–Kier alpha value is -0.300. The Labute approximate surface area is 76.5 Å². The first-order valence-electron chi connectivity index (χ1n) is 5.00. The molecule has 0 radical (unpaired) electrons. The molecule has 0 saturated carbocycles. The molecule has 1 aliphatic rings. The smallest absolute Gasteiger partial charge is 0.0165 e. The van der Waals surface area contributed by atoms with Crippen LogP contribution in [0, 0.1) is 5.92 Å². The van der Waals surface area contributed by atoms with Gasteiger partial charge in [0.15, 0.2) is 0 Å². The van der Waals surface area contributed by atoms with Gasteiger partial charge in [-0.2, -0.15) is 0 Å². The molecule has 1 heterocycles. The maximum absolute atomic E-state index is 2.43. The van der Waals surface area contributed by atoms with Gasteiger partial charge in [0.25, 0.3) is 0 Å². The van der Waals surface area contributed by atoms with Crippen LogP contribution in [-0.2, 0) is 0 Å². The third-order valence-electron chi connectivity index (χ3n) is 2.99. The Bertz CT molecular complexity index is 170. The zero-order chi connectivity index (χ0) is 9.14. The van der Waals surface area contributed by atoms with Crippen LogP contribution in [-0.4, -0.2) is 24.5 Å². The second-order valence-corrected chi connectivity index (χ2v) is 4.26. The summed E-state index contributed by atoms with van der Waals surface area (Å²) in [6, 6.07) is 0.748. The fourth-order valence-corrected chi connectivity index (χ4v) is 1.66. The summed E-state index contributed by atoms with van der Waals surface area (Å²) in [5.41, 5.74) is 1.64. The van der Waals surface area contributed by atoms with Crippen molar-refractivity contribution in [2.24, 2.45) is 5.92 Å².